The average Bonchev–Trinajstić information content (AvgIpc) is 2.59. The molecular formula is C12H15ClN2O. The van der Waals surface area contributed by atoms with Crippen molar-refractivity contribution in [3.63, 3.8) is 0 Å². The fourth-order valence-corrected chi connectivity index (χ4v) is 1.88. The predicted octanol–water partition coefficient (Wildman–Crippen LogP) is 3.02. The van der Waals surface area contributed by atoms with E-state index in [9.17, 15) is 0 Å². The van der Waals surface area contributed by atoms with Crippen LogP contribution in [0.25, 0.3) is 11.1 Å². The molecule has 86 valence electrons. The average molecular weight is 239 g/mol. The lowest BCUT2D eigenvalue weighted by atomic mass is 10.2. The molecule has 1 N–H and O–H groups in total. The minimum atomic E-state index is 0.369. The maximum atomic E-state index is 5.89. The number of likely N-dealkylation sites (N-methyl/N-ethyl adjacent to an activating group) is 1. The van der Waals surface area contributed by atoms with E-state index in [-0.39, 0.29) is 0 Å². The SMILES string of the molecule is CCNC(C)Cc1nc2cc(Cl)ccc2o1. The lowest BCUT2D eigenvalue weighted by molar-refractivity contribution is 0.469. The van der Waals surface area contributed by atoms with Gasteiger partial charge in [0.25, 0.3) is 0 Å². The van der Waals surface area contributed by atoms with E-state index in [0.717, 1.165) is 30.0 Å². The molecule has 2 aromatic rings. The fraction of sp³-hybridized carbons (Fsp3) is 0.417. The molecule has 0 aliphatic carbocycles. The van der Waals surface area contributed by atoms with Gasteiger partial charge in [-0.2, -0.15) is 0 Å². The summed E-state index contributed by atoms with van der Waals surface area (Å²) in [6.07, 6.45) is 0.792. The Morgan fingerprint density at radius 2 is 2.31 bits per heavy atom. The van der Waals surface area contributed by atoms with Crippen LogP contribution in [0.1, 0.15) is 19.7 Å². The summed E-state index contributed by atoms with van der Waals surface area (Å²) < 4.78 is 5.63. The van der Waals surface area contributed by atoms with Crippen molar-refractivity contribution in [2.75, 3.05) is 6.54 Å². The Morgan fingerprint density at radius 3 is 3.06 bits per heavy atom. The number of aromatic nitrogens is 1. The number of hydrogen-bond donors (Lipinski definition) is 1. The van der Waals surface area contributed by atoms with Crippen molar-refractivity contribution in [1.82, 2.24) is 10.3 Å². The molecule has 0 aliphatic heterocycles. The van der Waals surface area contributed by atoms with E-state index in [0.29, 0.717) is 11.1 Å². The second kappa shape index (κ2) is 4.85. The van der Waals surface area contributed by atoms with E-state index in [1.54, 1.807) is 0 Å². The summed E-state index contributed by atoms with van der Waals surface area (Å²) in [6.45, 7) is 5.15. The van der Waals surface area contributed by atoms with Crippen LogP contribution in [-0.4, -0.2) is 17.6 Å². The highest BCUT2D eigenvalue weighted by Crippen LogP contribution is 2.20. The highest BCUT2D eigenvalue weighted by molar-refractivity contribution is 6.31. The fourth-order valence-electron chi connectivity index (χ4n) is 1.72. The minimum absolute atomic E-state index is 0.369. The van der Waals surface area contributed by atoms with Crippen molar-refractivity contribution in [3.05, 3.63) is 29.1 Å². The number of oxazole rings is 1. The molecule has 0 aliphatic rings. The molecule has 0 spiro atoms. The van der Waals surface area contributed by atoms with Crippen molar-refractivity contribution < 1.29 is 4.42 Å². The van der Waals surface area contributed by atoms with Crippen molar-refractivity contribution in [1.29, 1.82) is 0 Å². The van der Waals surface area contributed by atoms with Crippen molar-refractivity contribution in [3.8, 4) is 0 Å². The first-order chi connectivity index (χ1) is 7.69. The van der Waals surface area contributed by atoms with Gasteiger partial charge in [-0.1, -0.05) is 18.5 Å². The highest BCUT2D eigenvalue weighted by atomic mass is 35.5. The lowest BCUT2D eigenvalue weighted by Gasteiger charge is -2.08. The van der Waals surface area contributed by atoms with Gasteiger partial charge < -0.3 is 9.73 Å². The summed E-state index contributed by atoms with van der Waals surface area (Å²) in [4.78, 5) is 4.40. The van der Waals surface area contributed by atoms with Crippen LogP contribution >= 0.6 is 11.6 Å². The first-order valence-corrected chi connectivity index (χ1v) is 5.85. The zero-order valence-electron chi connectivity index (χ0n) is 9.46. The Labute approximate surface area is 99.8 Å². The maximum Gasteiger partial charge on any atom is 0.197 e. The first kappa shape index (κ1) is 11.4. The number of nitrogens with zero attached hydrogens (tertiary/aromatic N) is 1. The van der Waals surface area contributed by atoms with Crippen molar-refractivity contribution in [2.45, 2.75) is 26.3 Å². The zero-order valence-corrected chi connectivity index (χ0v) is 10.2. The number of benzene rings is 1. The molecule has 0 fully saturated rings. The van der Waals surface area contributed by atoms with Gasteiger partial charge in [0.05, 0.1) is 0 Å². The van der Waals surface area contributed by atoms with Gasteiger partial charge in [0.2, 0.25) is 0 Å². The lowest BCUT2D eigenvalue weighted by Crippen LogP contribution is -2.27. The van der Waals surface area contributed by atoms with E-state index in [4.69, 9.17) is 16.0 Å². The van der Waals surface area contributed by atoms with E-state index in [1.807, 2.05) is 18.2 Å². The molecule has 0 saturated heterocycles. The number of rotatable bonds is 4. The van der Waals surface area contributed by atoms with Gasteiger partial charge in [-0.3, -0.25) is 0 Å². The summed E-state index contributed by atoms with van der Waals surface area (Å²) >= 11 is 5.89. The van der Waals surface area contributed by atoms with Crippen LogP contribution in [-0.2, 0) is 6.42 Å². The smallest absolute Gasteiger partial charge is 0.197 e. The van der Waals surface area contributed by atoms with Crippen LogP contribution in [0.15, 0.2) is 22.6 Å². The number of fused-ring (bicyclic) bond motifs is 1. The second-order valence-electron chi connectivity index (χ2n) is 3.88. The van der Waals surface area contributed by atoms with Gasteiger partial charge in [0, 0.05) is 17.5 Å². The van der Waals surface area contributed by atoms with Gasteiger partial charge in [-0.05, 0) is 31.7 Å². The van der Waals surface area contributed by atoms with Crippen LogP contribution in [0, 0.1) is 0 Å². The minimum Gasteiger partial charge on any atom is -0.441 e. The highest BCUT2D eigenvalue weighted by Gasteiger charge is 2.09. The predicted molar refractivity (Wildman–Crippen MR) is 65.9 cm³/mol. The van der Waals surface area contributed by atoms with Crippen LogP contribution in [0.2, 0.25) is 5.02 Å². The monoisotopic (exact) mass is 238 g/mol. The molecule has 1 aromatic carbocycles. The molecule has 1 aromatic heterocycles. The van der Waals surface area contributed by atoms with E-state index >= 15 is 0 Å². The Kier molecular flexibility index (Phi) is 3.46. The molecule has 2 rings (SSSR count). The largest absolute Gasteiger partial charge is 0.441 e. The molecule has 0 amide bonds. The van der Waals surface area contributed by atoms with E-state index in [2.05, 4.69) is 24.1 Å². The Morgan fingerprint density at radius 1 is 1.50 bits per heavy atom. The summed E-state index contributed by atoms with van der Waals surface area (Å²) in [6, 6.07) is 5.86. The van der Waals surface area contributed by atoms with Crippen LogP contribution < -0.4 is 5.32 Å². The Hall–Kier alpha value is -1.06. The van der Waals surface area contributed by atoms with E-state index in [1.165, 1.54) is 0 Å². The molecule has 0 bridgehead atoms. The molecule has 16 heavy (non-hydrogen) atoms. The topological polar surface area (TPSA) is 38.1 Å². The van der Waals surface area contributed by atoms with Crippen LogP contribution in [0.5, 0.6) is 0 Å². The van der Waals surface area contributed by atoms with Crippen LogP contribution in [0.4, 0.5) is 0 Å². The van der Waals surface area contributed by atoms with Crippen LogP contribution in [0.3, 0.4) is 0 Å². The molecule has 3 nitrogen and oxygen atoms in total. The third-order valence-electron chi connectivity index (χ3n) is 2.43. The Balaban J connectivity index is 2.19. The van der Waals surface area contributed by atoms with Gasteiger partial charge in [0.1, 0.15) is 5.52 Å². The number of halogens is 1. The maximum absolute atomic E-state index is 5.89. The second-order valence-corrected chi connectivity index (χ2v) is 4.32. The molecule has 0 radical (unpaired) electrons. The molecule has 4 heteroatoms. The van der Waals surface area contributed by atoms with Gasteiger partial charge in [-0.15, -0.1) is 0 Å². The summed E-state index contributed by atoms with van der Waals surface area (Å²) in [5.74, 6) is 0.755. The number of nitrogens with one attached hydrogen (secondary N) is 1. The summed E-state index contributed by atoms with van der Waals surface area (Å²) in [7, 11) is 0. The molecule has 1 atom stereocenters. The quantitative estimate of drug-likeness (QED) is 0.890. The van der Waals surface area contributed by atoms with Gasteiger partial charge in [-0.25, -0.2) is 4.98 Å². The normalized spacial score (nSPS) is 13.2. The molecule has 1 unspecified atom stereocenters. The molecule has 0 saturated carbocycles. The zero-order chi connectivity index (χ0) is 11.5. The number of hydrogen-bond acceptors (Lipinski definition) is 3. The van der Waals surface area contributed by atoms with Gasteiger partial charge >= 0.3 is 0 Å². The summed E-state index contributed by atoms with van der Waals surface area (Å²) in [5.41, 5.74) is 1.62. The van der Waals surface area contributed by atoms with Gasteiger partial charge in [0.15, 0.2) is 11.5 Å². The standard InChI is InChI=1S/C12H15ClN2O/c1-3-14-8(2)6-12-15-10-7-9(13)4-5-11(10)16-12/h4-5,7-8,14H,3,6H2,1-2H3. The third kappa shape index (κ3) is 2.54. The Bertz CT molecular complexity index is 481. The molecular weight excluding hydrogens is 224 g/mol. The first-order valence-electron chi connectivity index (χ1n) is 5.47. The summed E-state index contributed by atoms with van der Waals surface area (Å²) in [5, 5.41) is 4.01. The molecule has 1 heterocycles. The third-order valence-corrected chi connectivity index (χ3v) is 2.66. The van der Waals surface area contributed by atoms with E-state index < -0.39 is 0 Å². The van der Waals surface area contributed by atoms with Crippen molar-refractivity contribution >= 4 is 22.7 Å². The van der Waals surface area contributed by atoms with Crippen molar-refractivity contribution in [2.24, 2.45) is 0 Å².